The zero-order valence-electron chi connectivity index (χ0n) is 28.9. The summed E-state index contributed by atoms with van der Waals surface area (Å²) in [5.74, 6) is -4.31. The molecule has 0 bridgehead atoms. The highest BCUT2D eigenvalue weighted by Gasteiger charge is 2.36. The maximum atomic E-state index is 15.2. The summed E-state index contributed by atoms with van der Waals surface area (Å²) in [5, 5.41) is 13.4. The molecule has 2 aromatic carbocycles. The molecule has 3 amide bonds. The molecular formula is C36H37F6N5O6. The van der Waals surface area contributed by atoms with Crippen molar-refractivity contribution in [1.29, 1.82) is 5.26 Å². The Kier molecular flexibility index (Phi) is 13.3. The number of anilines is 1. The third-order valence-electron chi connectivity index (χ3n) is 8.01. The summed E-state index contributed by atoms with van der Waals surface area (Å²) in [7, 11) is 0. The number of nitriles is 1. The number of hydrogen-bond acceptors (Lipinski definition) is 8. The fourth-order valence-electron chi connectivity index (χ4n) is 5.47. The van der Waals surface area contributed by atoms with Gasteiger partial charge in [-0.2, -0.15) is 18.4 Å². The molecule has 4 rings (SSSR count). The van der Waals surface area contributed by atoms with Gasteiger partial charge in [-0.3, -0.25) is 14.7 Å². The number of amides is 3. The van der Waals surface area contributed by atoms with Crippen LogP contribution in [0.1, 0.15) is 61.8 Å². The minimum atomic E-state index is -4.65. The monoisotopic (exact) mass is 749 g/mol. The Hall–Kier alpha value is -5.37. The molecule has 17 heteroatoms. The number of carbonyl (C=O) groups is 3. The Morgan fingerprint density at radius 2 is 1.72 bits per heavy atom. The SMILES string of the molecule is CC(C)(C)OC(=O)N1C[C@@H](CCc2c(F)cncc2NC(=O)CC(c2ccc(C#N)cc2)c2ccc(F)c(F)c2)OC[C@H]1COC(=O)NCC(F)(F)F. The van der Waals surface area contributed by atoms with Gasteiger partial charge in [-0.25, -0.2) is 22.8 Å². The van der Waals surface area contributed by atoms with Crippen molar-refractivity contribution in [3.8, 4) is 6.07 Å². The highest BCUT2D eigenvalue weighted by Crippen LogP contribution is 2.31. The summed E-state index contributed by atoms with van der Waals surface area (Å²) in [6.45, 7) is 2.48. The van der Waals surface area contributed by atoms with Crippen molar-refractivity contribution < 1.29 is 54.9 Å². The largest absolute Gasteiger partial charge is 0.447 e. The van der Waals surface area contributed by atoms with E-state index in [0.29, 0.717) is 11.1 Å². The second-order valence-corrected chi connectivity index (χ2v) is 13.2. The van der Waals surface area contributed by atoms with E-state index in [2.05, 4.69) is 10.3 Å². The molecule has 0 radical (unpaired) electrons. The van der Waals surface area contributed by atoms with Gasteiger partial charge in [0.05, 0.1) is 55.0 Å². The number of rotatable bonds is 11. The first kappa shape index (κ1) is 40.4. The van der Waals surface area contributed by atoms with E-state index >= 15 is 4.39 Å². The zero-order chi connectivity index (χ0) is 38.9. The van der Waals surface area contributed by atoms with Crippen LogP contribution in [0.4, 0.5) is 41.6 Å². The molecule has 1 fully saturated rings. The highest BCUT2D eigenvalue weighted by molar-refractivity contribution is 5.92. The molecule has 0 spiro atoms. The van der Waals surface area contributed by atoms with Gasteiger partial charge >= 0.3 is 18.4 Å². The van der Waals surface area contributed by atoms with Crippen LogP contribution in [0.3, 0.4) is 0 Å². The molecule has 2 N–H and O–H groups in total. The number of alkyl halides is 3. The summed E-state index contributed by atoms with van der Waals surface area (Å²) in [4.78, 5) is 43.4. The van der Waals surface area contributed by atoms with Gasteiger partial charge in [0, 0.05) is 17.9 Å². The van der Waals surface area contributed by atoms with Crippen molar-refractivity contribution in [2.75, 3.05) is 31.6 Å². The number of nitrogens with zero attached hydrogens (tertiary/aromatic N) is 3. The Bertz CT molecular complexity index is 1810. The standard InChI is InChI=1S/C36H37F6N5O6/c1-35(2,3)53-34(50)47-17-25(51-18-24(47)19-52-33(49)45-20-36(40,41)42)9-10-26-30(39)15-44-16-31(26)46-32(48)13-27(22-6-4-21(14-43)5-7-22)23-8-11-28(37)29(38)12-23/h4-8,11-12,15-16,24-25,27H,9-10,13,17-20H2,1-3H3,(H,45,49)(H,46,48)/t24-,25+,27?/m0/s1. The molecule has 0 aliphatic carbocycles. The van der Waals surface area contributed by atoms with Crippen molar-refractivity contribution in [3.05, 3.63) is 94.6 Å². The predicted octanol–water partition coefficient (Wildman–Crippen LogP) is 6.76. The molecule has 1 aromatic heterocycles. The van der Waals surface area contributed by atoms with Crippen molar-refractivity contribution in [2.24, 2.45) is 0 Å². The Morgan fingerprint density at radius 3 is 2.36 bits per heavy atom. The van der Waals surface area contributed by atoms with Crippen LogP contribution in [-0.2, 0) is 25.4 Å². The van der Waals surface area contributed by atoms with Crippen LogP contribution in [-0.4, -0.2) is 78.2 Å². The van der Waals surface area contributed by atoms with E-state index in [4.69, 9.17) is 14.2 Å². The normalized spacial score (nSPS) is 16.6. The Morgan fingerprint density at radius 1 is 1.02 bits per heavy atom. The average Bonchev–Trinajstić information content (AvgIpc) is 3.09. The number of ether oxygens (including phenoxy) is 3. The van der Waals surface area contributed by atoms with Gasteiger partial charge in [-0.05, 0) is 69.0 Å². The van der Waals surface area contributed by atoms with E-state index < -0.39 is 78.5 Å². The third-order valence-corrected chi connectivity index (χ3v) is 8.01. The first-order valence-electron chi connectivity index (χ1n) is 16.4. The van der Waals surface area contributed by atoms with Crippen molar-refractivity contribution in [3.63, 3.8) is 0 Å². The lowest BCUT2D eigenvalue weighted by molar-refractivity contribution is -0.124. The van der Waals surface area contributed by atoms with Gasteiger partial charge in [0.15, 0.2) is 11.6 Å². The number of pyridine rings is 1. The molecule has 1 saturated heterocycles. The topological polar surface area (TPSA) is 143 Å². The lowest BCUT2D eigenvalue weighted by Crippen LogP contribution is -2.55. The molecule has 0 saturated carbocycles. The fourth-order valence-corrected chi connectivity index (χ4v) is 5.47. The van der Waals surface area contributed by atoms with E-state index in [1.54, 1.807) is 38.2 Å². The Balaban J connectivity index is 1.46. The van der Waals surface area contributed by atoms with Crippen molar-refractivity contribution in [1.82, 2.24) is 15.2 Å². The van der Waals surface area contributed by atoms with E-state index in [1.165, 1.54) is 29.3 Å². The smallest absolute Gasteiger partial charge is 0.410 e. The van der Waals surface area contributed by atoms with E-state index in [1.807, 2.05) is 6.07 Å². The maximum Gasteiger partial charge on any atom is 0.410 e. The molecule has 3 atom stereocenters. The number of carbonyl (C=O) groups excluding carboxylic acids is 3. The quantitative estimate of drug-likeness (QED) is 0.205. The summed E-state index contributed by atoms with van der Waals surface area (Å²) in [6.07, 6.45) is -5.47. The Labute approximate surface area is 301 Å². The second kappa shape index (κ2) is 17.4. The molecule has 11 nitrogen and oxygen atoms in total. The molecule has 2 heterocycles. The number of benzene rings is 2. The molecule has 1 unspecified atom stereocenters. The van der Waals surface area contributed by atoms with Crippen LogP contribution in [0.25, 0.3) is 0 Å². The number of halogens is 6. The van der Waals surface area contributed by atoms with Gasteiger partial charge < -0.3 is 24.8 Å². The number of nitrogens with one attached hydrogen (secondary N) is 2. The number of hydrogen-bond donors (Lipinski definition) is 2. The van der Waals surface area contributed by atoms with E-state index in [-0.39, 0.29) is 49.2 Å². The minimum absolute atomic E-state index is 0.0139. The first-order valence-corrected chi connectivity index (χ1v) is 16.4. The first-order chi connectivity index (χ1) is 24.9. The highest BCUT2D eigenvalue weighted by atomic mass is 19.4. The third kappa shape index (κ3) is 12.1. The molecule has 1 aliphatic heterocycles. The number of alkyl carbamates (subject to hydrolysis) is 1. The van der Waals surface area contributed by atoms with Gasteiger partial charge in [0.1, 0.15) is 24.6 Å². The lowest BCUT2D eigenvalue weighted by Gasteiger charge is -2.39. The van der Waals surface area contributed by atoms with Gasteiger partial charge in [0.2, 0.25) is 5.91 Å². The minimum Gasteiger partial charge on any atom is -0.447 e. The summed E-state index contributed by atoms with van der Waals surface area (Å²) >= 11 is 0. The van der Waals surface area contributed by atoms with Crippen LogP contribution in [0.5, 0.6) is 0 Å². The summed E-state index contributed by atoms with van der Waals surface area (Å²) in [6, 6.07) is 10.6. The van der Waals surface area contributed by atoms with E-state index in [0.717, 1.165) is 18.3 Å². The molecule has 3 aromatic rings. The lowest BCUT2D eigenvalue weighted by atomic mass is 9.87. The molecule has 53 heavy (non-hydrogen) atoms. The van der Waals surface area contributed by atoms with Gasteiger partial charge in [0.25, 0.3) is 0 Å². The molecular weight excluding hydrogens is 712 g/mol. The van der Waals surface area contributed by atoms with Crippen LogP contribution in [0.2, 0.25) is 0 Å². The van der Waals surface area contributed by atoms with Crippen LogP contribution >= 0.6 is 0 Å². The molecule has 1 aliphatic rings. The van der Waals surface area contributed by atoms with Gasteiger partial charge in [-0.15, -0.1) is 0 Å². The summed E-state index contributed by atoms with van der Waals surface area (Å²) < 4.78 is 96.8. The van der Waals surface area contributed by atoms with Crippen molar-refractivity contribution >= 4 is 23.8 Å². The van der Waals surface area contributed by atoms with Crippen LogP contribution in [0.15, 0.2) is 54.9 Å². The van der Waals surface area contributed by atoms with Crippen LogP contribution < -0.4 is 10.6 Å². The second-order valence-electron chi connectivity index (χ2n) is 13.2. The van der Waals surface area contributed by atoms with E-state index in [9.17, 15) is 41.6 Å². The summed E-state index contributed by atoms with van der Waals surface area (Å²) in [5.41, 5.74) is 0.362. The zero-order valence-corrected chi connectivity index (χ0v) is 28.9. The van der Waals surface area contributed by atoms with Gasteiger partial charge in [-0.1, -0.05) is 18.2 Å². The number of morpholine rings is 1. The average molecular weight is 750 g/mol. The maximum absolute atomic E-state index is 15.2. The van der Waals surface area contributed by atoms with Crippen molar-refractivity contribution in [2.45, 2.75) is 69.9 Å². The van der Waals surface area contributed by atoms with Crippen LogP contribution in [0, 0.1) is 28.8 Å². The fraction of sp³-hybridized carbons (Fsp3) is 0.417. The number of aromatic nitrogens is 1. The predicted molar refractivity (Wildman–Crippen MR) is 177 cm³/mol. The molecule has 284 valence electrons.